The van der Waals surface area contributed by atoms with Crippen LogP contribution in [0.5, 0.6) is 0 Å². The number of nitrogens with one attached hydrogen (secondary N) is 1. The van der Waals surface area contributed by atoms with Crippen LogP contribution in [0.15, 0.2) is 18.2 Å². The zero-order valence-electron chi connectivity index (χ0n) is 9.78. The molecule has 0 saturated carbocycles. The van der Waals surface area contributed by atoms with Gasteiger partial charge in [-0.25, -0.2) is 4.98 Å². The highest BCUT2D eigenvalue weighted by Gasteiger charge is 2.15. The van der Waals surface area contributed by atoms with Crippen LogP contribution in [0.1, 0.15) is 38.1 Å². The second kappa shape index (κ2) is 3.97. The molecule has 0 radical (unpaired) electrons. The molecule has 1 aromatic heterocycles. The number of imidazole rings is 1. The van der Waals surface area contributed by atoms with Gasteiger partial charge in [-0.05, 0) is 18.1 Å². The molecular formula is C13H15N3. The topological polar surface area (TPSA) is 52.5 Å². The minimum atomic E-state index is 0.374. The summed E-state index contributed by atoms with van der Waals surface area (Å²) in [5, 5.41) is 8.99. The van der Waals surface area contributed by atoms with E-state index in [-0.39, 0.29) is 0 Å². The predicted molar refractivity (Wildman–Crippen MR) is 64.1 cm³/mol. The van der Waals surface area contributed by atoms with Crippen LogP contribution in [0.4, 0.5) is 0 Å². The molecule has 1 N–H and O–H groups in total. The Morgan fingerprint density at radius 1 is 1.31 bits per heavy atom. The zero-order valence-corrected chi connectivity index (χ0v) is 9.78. The third kappa shape index (κ3) is 1.67. The summed E-state index contributed by atoms with van der Waals surface area (Å²) in [6.45, 7) is 6.49. The van der Waals surface area contributed by atoms with E-state index in [0.29, 0.717) is 17.4 Å². The van der Waals surface area contributed by atoms with Crippen LogP contribution in [0.3, 0.4) is 0 Å². The third-order valence-electron chi connectivity index (χ3n) is 3.08. The van der Waals surface area contributed by atoms with Crippen LogP contribution in [0, 0.1) is 17.2 Å². The van der Waals surface area contributed by atoms with Gasteiger partial charge < -0.3 is 4.98 Å². The molecule has 82 valence electrons. The number of para-hydroxylation sites is 1. The van der Waals surface area contributed by atoms with Crippen molar-refractivity contribution < 1.29 is 0 Å². The highest BCUT2D eigenvalue weighted by molar-refractivity contribution is 5.81. The lowest BCUT2D eigenvalue weighted by atomic mass is 9.98. The molecule has 1 unspecified atom stereocenters. The monoisotopic (exact) mass is 213 g/mol. The molecular weight excluding hydrogens is 198 g/mol. The second-order valence-corrected chi connectivity index (χ2v) is 4.47. The summed E-state index contributed by atoms with van der Waals surface area (Å²) in [5.74, 6) is 1.87. The lowest BCUT2D eigenvalue weighted by Crippen LogP contribution is -2.03. The number of fused-ring (bicyclic) bond motifs is 1. The van der Waals surface area contributed by atoms with E-state index in [1.165, 1.54) is 0 Å². The first kappa shape index (κ1) is 10.7. The van der Waals surface area contributed by atoms with Crippen molar-refractivity contribution in [3.8, 4) is 6.07 Å². The molecule has 0 amide bonds. The third-order valence-corrected chi connectivity index (χ3v) is 3.08. The Kier molecular flexibility index (Phi) is 2.66. The fourth-order valence-electron chi connectivity index (χ4n) is 1.67. The number of H-pyrrole nitrogens is 1. The van der Waals surface area contributed by atoms with Crippen molar-refractivity contribution >= 4 is 11.0 Å². The van der Waals surface area contributed by atoms with E-state index in [1.54, 1.807) is 6.07 Å². The first-order chi connectivity index (χ1) is 7.63. The van der Waals surface area contributed by atoms with Gasteiger partial charge in [0.2, 0.25) is 0 Å². The summed E-state index contributed by atoms with van der Waals surface area (Å²) in [5.41, 5.74) is 2.37. The number of benzene rings is 1. The van der Waals surface area contributed by atoms with Crippen molar-refractivity contribution in [2.75, 3.05) is 0 Å². The standard InChI is InChI=1S/C13H15N3/c1-8(2)9(3)13-15-11-6-4-5-10(7-14)12(11)16-13/h4-6,8-9H,1-3H3,(H,15,16). The van der Waals surface area contributed by atoms with E-state index in [9.17, 15) is 0 Å². The van der Waals surface area contributed by atoms with Crippen LogP contribution >= 0.6 is 0 Å². The molecule has 0 fully saturated rings. The van der Waals surface area contributed by atoms with Crippen LogP contribution in [-0.4, -0.2) is 9.97 Å². The minimum absolute atomic E-state index is 0.374. The Hall–Kier alpha value is -1.82. The van der Waals surface area contributed by atoms with Crippen LogP contribution in [0.25, 0.3) is 11.0 Å². The second-order valence-electron chi connectivity index (χ2n) is 4.47. The summed E-state index contributed by atoms with van der Waals surface area (Å²) in [4.78, 5) is 7.82. The van der Waals surface area contributed by atoms with Gasteiger partial charge in [0.25, 0.3) is 0 Å². The lowest BCUT2D eigenvalue weighted by molar-refractivity contribution is 0.515. The normalized spacial score (nSPS) is 12.9. The molecule has 3 nitrogen and oxygen atoms in total. The molecule has 16 heavy (non-hydrogen) atoms. The van der Waals surface area contributed by atoms with Crippen LogP contribution in [-0.2, 0) is 0 Å². The Morgan fingerprint density at radius 2 is 2.06 bits per heavy atom. The zero-order chi connectivity index (χ0) is 11.7. The van der Waals surface area contributed by atoms with Gasteiger partial charge in [0.1, 0.15) is 17.4 Å². The molecule has 0 saturated heterocycles. The Bertz CT molecular complexity index is 546. The van der Waals surface area contributed by atoms with Gasteiger partial charge >= 0.3 is 0 Å². The van der Waals surface area contributed by atoms with Crippen molar-refractivity contribution in [1.82, 2.24) is 9.97 Å². The summed E-state index contributed by atoms with van der Waals surface area (Å²) < 4.78 is 0. The van der Waals surface area contributed by atoms with Gasteiger partial charge in [-0.1, -0.05) is 26.8 Å². The van der Waals surface area contributed by atoms with E-state index in [2.05, 4.69) is 36.8 Å². The summed E-state index contributed by atoms with van der Waals surface area (Å²) in [6, 6.07) is 7.80. The number of aromatic nitrogens is 2. The number of hydrogen-bond donors (Lipinski definition) is 1. The van der Waals surface area contributed by atoms with Crippen molar-refractivity contribution in [1.29, 1.82) is 5.26 Å². The van der Waals surface area contributed by atoms with Gasteiger partial charge in [0.15, 0.2) is 0 Å². The Morgan fingerprint density at radius 3 is 2.69 bits per heavy atom. The first-order valence-corrected chi connectivity index (χ1v) is 5.52. The fraction of sp³-hybridized carbons (Fsp3) is 0.385. The SMILES string of the molecule is CC(C)C(C)c1nc2c(C#N)cccc2[nH]1. The molecule has 2 rings (SSSR count). The van der Waals surface area contributed by atoms with Crippen molar-refractivity contribution in [2.45, 2.75) is 26.7 Å². The molecule has 0 spiro atoms. The van der Waals surface area contributed by atoms with E-state index in [0.717, 1.165) is 16.9 Å². The van der Waals surface area contributed by atoms with E-state index in [1.807, 2.05) is 12.1 Å². The molecule has 1 heterocycles. The number of rotatable bonds is 2. The van der Waals surface area contributed by atoms with Crippen LogP contribution in [0.2, 0.25) is 0 Å². The molecule has 0 aliphatic carbocycles. The summed E-state index contributed by atoms with van der Waals surface area (Å²) in [7, 11) is 0. The largest absolute Gasteiger partial charge is 0.342 e. The van der Waals surface area contributed by atoms with Crippen molar-refractivity contribution in [2.24, 2.45) is 5.92 Å². The van der Waals surface area contributed by atoms with Gasteiger partial charge in [-0.3, -0.25) is 0 Å². The van der Waals surface area contributed by atoms with Gasteiger partial charge in [0, 0.05) is 5.92 Å². The summed E-state index contributed by atoms with van der Waals surface area (Å²) >= 11 is 0. The average molecular weight is 213 g/mol. The molecule has 1 atom stereocenters. The maximum atomic E-state index is 8.99. The van der Waals surface area contributed by atoms with E-state index in [4.69, 9.17) is 5.26 Å². The number of nitrogens with zero attached hydrogens (tertiary/aromatic N) is 2. The van der Waals surface area contributed by atoms with Crippen LogP contribution < -0.4 is 0 Å². The smallest absolute Gasteiger partial charge is 0.110 e. The minimum Gasteiger partial charge on any atom is -0.342 e. The Balaban J connectivity index is 2.57. The highest BCUT2D eigenvalue weighted by Crippen LogP contribution is 2.24. The highest BCUT2D eigenvalue weighted by atomic mass is 14.9. The molecule has 3 heteroatoms. The number of hydrogen-bond acceptors (Lipinski definition) is 2. The van der Waals surface area contributed by atoms with E-state index < -0.39 is 0 Å². The quantitative estimate of drug-likeness (QED) is 0.832. The number of aromatic amines is 1. The Labute approximate surface area is 95.1 Å². The molecule has 1 aromatic carbocycles. The molecule has 0 bridgehead atoms. The van der Waals surface area contributed by atoms with E-state index >= 15 is 0 Å². The average Bonchev–Trinajstić information content (AvgIpc) is 2.70. The number of nitriles is 1. The van der Waals surface area contributed by atoms with Crippen molar-refractivity contribution in [3.05, 3.63) is 29.6 Å². The molecule has 2 aromatic rings. The lowest BCUT2D eigenvalue weighted by Gasteiger charge is -2.11. The van der Waals surface area contributed by atoms with Gasteiger partial charge in [0.05, 0.1) is 11.1 Å². The molecule has 0 aliphatic heterocycles. The first-order valence-electron chi connectivity index (χ1n) is 5.52. The summed E-state index contributed by atoms with van der Waals surface area (Å²) in [6.07, 6.45) is 0. The van der Waals surface area contributed by atoms with Crippen molar-refractivity contribution in [3.63, 3.8) is 0 Å². The maximum Gasteiger partial charge on any atom is 0.110 e. The maximum absolute atomic E-state index is 8.99. The fourth-order valence-corrected chi connectivity index (χ4v) is 1.67. The molecule has 0 aliphatic rings. The predicted octanol–water partition coefficient (Wildman–Crippen LogP) is 3.19. The van der Waals surface area contributed by atoms with Gasteiger partial charge in [-0.15, -0.1) is 0 Å². The van der Waals surface area contributed by atoms with Gasteiger partial charge in [-0.2, -0.15) is 5.26 Å².